The van der Waals surface area contributed by atoms with E-state index < -0.39 is 11.9 Å². The van der Waals surface area contributed by atoms with Crippen molar-refractivity contribution < 1.29 is 14.3 Å². The standard InChI is InChI=1S/C9H16N2O3/c1-3-10-7-4-5-11(6-7)8(12)9(13)14-2/h7,10H,3-6H2,1-2H3. The van der Waals surface area contributed by atoms with Crippen molar-refractivity contribution in [3.8, 4) is 0 Å². The zero-order chi connectivity index (χ0) is 10.6. The van der Waals surface area contributed by atoms with E-state index in [2.05, 4.69) is 10.1 Å². The summed E-state index contributed by atoms with van der Waals surface area (Å²) in [5.74, 6) is -1.31. The number of hydrogen-bond acceptors (Lipinski definition) is 4. The molecule has 1 unspecified atom stereocenters. The van der Waals surface area contributed by atoms with Gasteiger partial charge >= 0.3 is 11.9 Å². The summed E-state index contributed by atoms with van der Waals surface area (Å²) in [4.78, 5) is 23.8. The van der Waals surface area contributed by atoms with Crippen molar-refractivity contribution >= 4 is 11.9 Å². The Labute approximate surface area is 83.4 Å². The maximum absolute atomic E-state index is 11.3. The highest BCUT2D eigenvalue weighted by atomic mass is 16.5. The van der Waals surface area contributed by atoms with Gasteiger partial charge in [-0.05, 0) is 13.0 Å². The third-order valence-corrected chi connectivity index (χ3v) is 2.33. The molecule has 0 spiro atoms. The van der Waals surface area contributed by atoms with Crippen LogP contribution >= 0.6 is 0 Å². The van der Waals surface area contributed by atoms with Gasteiger partial charge in [-0.15, -0.1) is 0 Å². The average molecular weight is 200 g/mol. The van der Waals surface area contributed by atoms with E-state index in [9.17, 15) is 9.59 Å². The molecule has 1 heterocycles. The molecule has 5 heteroatoms. The topological polar surface area (TPSA) is 58.6 Å². The second-order valence-electron chi connectivity index (χ2n) is 3.29. The number of amides is 1. The summed E-state index contributed by atoms with van der Waals surface area (Å²) in [6, 6.07) is 0.314. The lowest BCUT2D eigenvalue weighted by atomic mass is 10.3. The van der Waals surface area contributed by atoms with Crippen molar-refractivity contribution in [2.24, 2.45) is 0 Å². The molecule has 1 aliphatic rings. The van der Waals surface area contributed by atoms with E-state index in [-0.39, 0.29) is 0 Å². The molecule has 0 aromatic rings. The predicted molar refractivity (Wildman–Crippen MR) is 50.7 cm³/mol. The molecule has 1 amide bonds. The highest BCUT2D eigenvalue weighted by Gasteiger charge is 2.29. The van der Waals surface area contributed by atoms with Gasteiger partial charge in [0.25, 0.3) is 0 Å². The lowest BCUT2D eigenvalue weighted by molar-refractivity contribution is -0.157. The fourth-order valence-corrected chi connectivity index (χ4v) is 1.62. The maximum Gasteiger partial charge on any atom is 0.396 e. The van der Waals surface area contributed by atoms with Crippen LogP contribution in [0.5, 0.6) is 0 Å². The average Bonchev–Trinajstić information content (AvgIpc) is 2.64. The molecule has 1 saturated heterocycles. The summed E-state index contributed by atoms with van der Waals surface area (Å²) in [6.45, 7) is 4.13. The normalized spacial score (nSPS) is 21.0. The molecule has 1 atom stereocenters. The molecule has 1 rings (SSSR count). The molecule has 1 aliphatic heterocycles. The largest absolute Gasteiger partial charge is 0.462 e. The Balaban J connectivity index is 2.41. The van der Waals surface area contributed by atoms with Crippen LogP contribution in [0.25, 0.3) is 0 Å². The Morgan fingerprint density at radius 1 is 1.57 bits per heavy atom. The van der Waals surface area contributed by atoms with Crippen LogP contribution in [-0.4, -0.2) is 49.6 Å². The second-order valence-corrected chi connectivity index (χ2v) is 3.29. The van der Waals surface area contributed by atoms with Gasteiger partial charge in [-0.3, -0.25) is 4.79 Å². The van der Waals surface area contributed by atoms with Gasteiger partial charge in [0.05, 0.1) is 7.11 Å². The van der Waals surface area contributed by atoms with Gasteiger partial charge < -0.3 is 15.0 Å². The monoisotopic (exact) mass is 200 g/mol. The van der Waals surface area contributed by atoms with Gasteiger partial charge in [-0.2, -0.15) is 0 Å². The van der Waals surface area contributed by atoms with Crippen molar-refractivity contribution in [2.75, 3.05) is 26.7 Å². The number of nitrogens with zero attached hydrogens (tertiary/aromatic N) is 1. The van der Waals surface area contributed by atoms with Crippen molar-refractivity contribution in [3.05, 3.63) is 0 Å². The molecule has 0 aliphatic carbocycles. The summed E-state index contributed by atoms with van der Waals surface area (Å²) in [7, 11) is 1.22. The van der Waals surface area contributed by atoms with Crippen molar-refractivity contribution in [1.82, 2.24) is 10.2 Å². The van der Waals surface area contributed by atoms with Crippen LogP contribution in [0.3, 0.4) is 0 Å². The Morgan fingerprint density at radius 2 is 2.29 bits per heavy atom. The van der Waals surface area contributed by atoms with Gasteiger partial charge in [-0.25, -0.2) is 4.79 Å². The van der Waals surface area contributed by atoms with E-state index in [0.717, 1.165) is 13.0 Å². The quantitative estimate of drug-likeness (QED) is 0.476. The van der Waals surface area contributed by atoms with Crippen LogP contribution in [-0.2, 0) is 14.3 Å². The van der Waals surface area contributed by atoms with Crippen molar-refractivity contribution in [1.29, 1.82) is 0 Å². The Morgan fingerprint density at radius 3 is 2.86 bits per heavy atom. The van der Waals surface area contributed by atoms with Crippen LogP contribution in [0.15, 0.2) is 0 Å². The number of esters is 1. The zero-order valence-electron chi connectivity index (χ0n) is 8.58. The van der Waals surface area contributed by atoms with Crippen LogP contribution in [0.1, 0.15) is 13.3 Å². The van der Waals surface area contributed by atoms with Gasteiger partial charge in [0.15, 0.2) is 0 Å². The third-order valence-electron chi connectivity index (χ3n) is 2.33. The summed E-state index contributed by atoms with van der Waals surface area (Å²) < 4.78 is 4.37. The number of nitrogens with one attached hydrogen (secondary N) is 1. The molecule has 5 nitrogen and oxygen atoms in total. The van der Waals surface area contributed by atoms with Crippen LogP contribution in [0.4, 0.5) is 0 Å². The van der Waals surface area contributed by atoms with Crippen molar-refractivity contribution in [2.45, 2.75) is 19.4 Å². The van der Waals surface area contributed by atoms with Crippen LogP contribution in [0.2, 0.25) is 0 Å². The minimum Gasteiger partial charge on any atom is -0.462 e. The summed E-state index contributed by atoms with van der Waals surface area (Å²) in [5, 5.41) is 3.24. The van der Waals surface area contributed by atoms with Crippen molar-refractivity contribution in [3.63, 3.8) is 0 Å². The second kappa shape index (κ2) is 4.95. The van der Waals surface area contributed by atoms with E-state index in [0.29, 0.717) is 19.1 Å². The number of likely N-dealkylation sites (N-methyl/N-ethyl adjacent to an activating group) is 1. The molecule has 1 N–H and O–H groups in total. The van der Waals surface area contributed by atoms with E-state index in [1.54, 1.807) is 0 Å². The number of methoxy groups -OCH3 is 1. The minimum atomic E-state index is -0.776. The number of ether oxygens (including phenoxy) is 1. The van der Waals surface area contributed by atoms with E-state index in [1.165, 1.54) is 12.0 Å². The molecule has 0 aromatic heterocycles. The van der Waals surface area contributed by atoms with E-state index >= 15 is 0 Å². The number of hydrogen-bond donors (Lipinski definition) is 1. The molecule has 14 heavy (non-hydrogen) atoms. The maximum atomic E-state index is 11.3. The predicted octanol–water partition coefficient (Wildman–Crippen LogP) is -0.630. The SMILES string of the molecule is CCNC1CCN(C(=O)C(=O)OC)C1. The highest BCUT2D eigenvalue weighted by molar-refractivity contribution is 6.32. The fraction of sp³-hybridized carbons (Fsp3) is 0.778. The number of carbonyl (C=O) groups is 2. The van der Waals surface area contributed by atoms with Gasteiger partial charge in [0.2, 0.25) is 0 Å². The van der Waals surface area contributed by atoms with E-state index in [4.69, 9.17) is 0 Å². The summed E-state index contributed by atoms with van der Waals surface area (Å²) in [6.07, 6.45) is 0.899. The Kier molecular flexibility index (Phi) is 3.88. The summed E-state index contributed by atoms with van der Waals surface area (Å²) >= 11 is 0. The molecule has 1 fully saturated rings. The molecule has 0 saturated carbocycles. The van der Waals surface area contributed by atoms with Gasteiger partial charge in [-0.1, -0.05) is 6.92 Å². The number of carbonyl (C=O) groups excluding carboxylic acids is 2. The molecular weight excluding hydrogens is 184 g/mol. The Hall–Kier alpha value is -1.10. The fourth-order valence-electron chi connectivity index (χ4n) is 1.62. The minimum absolute atomic E-state index is 0.314. The lowest BCUT2D eigenvalue weighted by Crippen LogP contribution is -2.38. The highest BCUT2D eigenvalue weighted by Crippen LogP contribution is 2.09. The summed E-state index contributed by atoms with van der Waals surface area (Å²) in [5.41, 5.74) is 0. The smallest absolute Gasteiger partial charge is 0.396 e. The van der Waals surface area contributed by atoms with Crippen LogP contribution in [0, 0.1) is 0 Å². The van der Waals surface area contributed by atoms with Gasteiger partial charge in [0.1, 0.15) is 0 Å². The third kappa shape index (κ3) is 2.45. The Bertz CT molecular complexity index is 230. The first-order valence-corrected chi connectivity index (χ1v) is 4.79. The molecular formula is C9H16N2O3. The number of likely N-dealkylation sites (tertiary alicyclic amines) is 1. The van der Waals surface area contributed by atoms with Crippen LogP contribution < -0.4 is 5.32 Å². The molecule has 0 aromatic carbocycles. The first-order valence-electron chi connectivity index (χ1n) is 4.79. The lowest BCUT2D eigenvalue weighted by Gasteiger charge is -2.14. The van der Waals surface area contributed by atoms with E-state index in [1.807, 2.05) is 6.92 Å². The molecule has 0 radical (unpaired) electrons. The molecule has 80 valence electrons. The zero-order valence-corrected chi connectivity index (χ0v) is 8.58. The molecule has 0 bridgehead atoms. The number of rotatable bonds is 2. The first-order chi connectivity index (χ1) is 6.69. The first kappa shape index (κ1) is 11.0. The van der Waals surface area contributed by atoms with Gasteiger partial charge in [0, 0.05) is 19.1 Å².